The van der Waals surface area contributed by atoms with Gasteiger partial charge in [-0.15, -0.1) is 0 Å². The smallest absolute Gasteiger partial charge is 0.307 e. The van der Waals surface area contributed by atoms with E-state index < -0.39 is 6.04 Å². The van der Waals surface area contributed by atoms with Gasteiger partial charge < -0.3 is 16.2 Å². The van der Waals surface area contributed by atoms with Crippen LogP contribution in [0.4, 0.5) is 5.69 Å². The van der Waals surface area contributed by atoms with Crippen molar-refractivity contribution in [1.82, 2.24) is 4.98 Å². The molecule has 1 atom stereocenters. The van der Waals surface area contributed by atoms with Crippen molar-refractivity contribution in [3.05, 3.63) is 24.0 Å². The summed E-state index contributed by atoms with van der Waals surface area (Å²) in [7, 11) is 1.33. The number of anilines is 1. The van der Waals surface area contributed by atoms with Gasteiger partial charge in [0.1, 0.15) is 0 Å². The number of aromatic nitrogens is 1. The fourth-order valence-electron chi connectivity index (χ4n) is 1.06. The van der Waals surface area contributed by atoms with Crippen LogP contribution in [-0.2, 0) is 9.53 Å². The second-order valence-corrected chi connectivity index (χ2v) is 2.94. The zero-order valence-corrected chi connectivity index (χ0v) is 7.93. The molecule has 0 fully saturated rings. The minimum atomic E-state index is -0.418. The van der Waals surface area contributed by atoms with Crippen LogP contribution in [0.25, 0.3) is 0 Å². The Labute approximate surface area is 82.1 Å². The Hall–Kier alpha value is -1.62. The first kappa shape index (κ1) is 10.5. The summed E-state index contributed by atoms with van der Waals surface area (Å²) in [6.45, 7) is 0. The van der Waals surface area contributed by atoms with E-state index in [0.717, 1.165) is 5.56 Å². The molecule has 0 aliphatic heterocycles. The lowest BCUT2D eigenvalue weighted by atomic mass is 10.1. The van der Waals surface area contributed by atoms with Gasteiger partial charge in [0.05, 0.1) is 19.2 Å². The molecule has 0 unspecified atom stereocenters. The van der Waals surface area contributed by atoms with Gasteiger partial charge in [0.2, 0.25) is 0 Å². The fraction of sp³-hybridized carbons (Fsp3) is 0.333. The van der Waals surface area contributed by atoms with Gasteiger partial charge in [0, 0.05) is 18.4 Å². The third-order valence-electron chi connectivity index (χ3n) is 1.82. The summed E-state index contributed by atoms with van der Waals surface area (Å²) in [6, 6.07) is 1.28. The van der Waals surface area contributed by atoms with Crippen LogP contribution in [0, 0.1) is 0 Å². The normalized spacial score (nSPS) is 12.1. The van der Waals surface area contributed by atoms with E-state index in [1.54, 1.807) is 12.3 Å². The number of carbonyl (C=O) groups excluding carboxylic acids is 1. The zero-order chi connectivity index (χ0) is 10.6. The van der Waals surface area contributed by atoms with Crippen LogP contribution in [0.3, 0.4) is 0 Å². The molecule has 1 aromatic rings. The molecule has 5 heteroatoms. The molecule has 1 rings (SSSR count). The molecule has 0 spiro atoms. The Morgan fingerprint density at radius 1 is 1.64 bits per heavy atom. The lowest BCUT2D eigenvalue weighted by Crippen LogP contribution is -2.16. The van der Waals surface area contributed by atoms with Gasteiger partial charge in [-0.05, 0) is 11.6 Å². The highest BCUT2D eigenvalue weighted by molar-refractivity contribution is 5.70. The van der Waals surface area contributed by atoms with Crippen LogP contribution in [0.1, 0.15) is 18.0 Å². The molecule has 0 amide bonds. The van der Waals surface area contributed by atoms with Gasteiger partial charge in [-0.25, -0.2) is 0 Å². The van der Waals surface area contributed by atoms with Crippen LogP contribution in [0.5, 0.6) is 0 Å². The number of pyridine rings is 1. The highest BCUT2D eigenvalue weighted by Crippen LogP contribution is 2.15. The molecule has 4 N–H and O–H groups in total. The van der Waals surface area contributed by atoms with Gasteiger partial charge in [0.15, 0.2) is 0 Å². The maximum absolute atomic E-state index is 10.9. The SMILES string of the molecule is COC(=O)C[C@@H](N)c1cncc(N)c1. The summed E-state index contributed by atoms with van der Waals surface area (Å²) in [5, 5.41) is 0. The fourth-order valence-corrected chi connectivity index (χ4v) is 1.06. The van der Waals surface area contributed by atoms with Crippen molar-refractivity contribution in [3.8, 4) is 0 Å². The Balaban J connectivity index is 2.69. The zero-order valence-electron chi connectivity index (χ0n) is 7.93. The summed E-state index contributed by atoms with van der Waals surface area (Å²) >= 11 is 0. The number of esters is 1. The number of nitrogen functional groups attached to an aromatic ring is 1. The number of hydrogen-bond donors (Lipinski definition) is 2. The average molecular weight is 195 g/mol. The van der Waals surface area contributed by atoms with Gasteiger partial charge in [-0.2, -0.15) is 0 Å². The molecular weight excluding hydrogens is 182 g/mol. The van der Waals surface area contributed by atoms with E-state index >= 15 is 0 Å². The third-order valence-corrected chi connectivity index (χ3v) is 1.82. The number of ether oxygens (including phenoxy) is 1. The molecular formula is C9H13N3O2. The van der Waals surface area contributed by atoms with E-state index in [0.29, 0.717) is 5.69 Å². The molecule has 1 aromatic heterocycles. The van der Waals surface area contributed by atoms with E-state index in [1.165, 1.54) is 13.3 Å². The number of hydrogen-bond acceptors (Lipinski definition) is 5. The summed E-state index contributed by atoms with van der Waals surface area (Å²) < 4.78 is 4.50. The second kappa shape index (κ2) is 4.57. The Morgan fingerprint density at radius 2 is 2.36 bits per heavy atom. The number of rotatable bonds is 3. The number of carbonyl (C=O) groups is 1. The monoisotopic (exact) mass is 195 g/mol. The predicted molar refractivity (Wildman–Crippen MR) is 52.2 cm³/mol. The maximum Gasteiger partial charge on any atom is 0.307 e. The minimum Gasteiger partial charge on any atom is -0.469 e. The van der Waals surface area contributed by atoms with Crippen LogP contribution < -0.4 is 11.5 Å². The maximum atomic E-state index is 10.9. The molecule has 14 heavy (non-hydrogen) atoms. The quantitative estimate of drug-likeness (QED) is 0.673. The summed E-state index contributed by atoms with van der Waals surface area (Å²) in [6.07, 6.45) is 3.24. The molecule has 1 heterocycles. The van der Waals surface area contributed by atoms with Crippen molar-refractivity contribution in [2.45, 2.75) is 12.5 Å². The highest BCUT2D eigenvalue weighted by Gasteiger charge is 2.12. The lowest BCUT2D eigenvalue weighted by molar-refractivity contribution is -0.141. The molecule has 0 radical (unpaired) electrons. The Bertz CT molecular complexity index is 328. The third kappa shape index (κ3) is 2.70. The molecule has 0 aliphatic carbocycles. The molecule has 76 valence electrons. The summed E-state index contributed by atoms with van der Waals surface area (Å²) in [5.41, 5.74) is 12.5. The molecule has 0 bridgehead atoms. The molecule has 0 saturated heterocycles. The summed E-state index contributed by atoms with van der Waals surface area (Å²) in [4.78, 5) is 14.8. The van der Waals surface area contributed by atoms with E-state index in [-0.39, 0.29) is 12.4 Å². The predicted octanol–water partition coefficient (Wildman–Crippen LogP) is 0.227. The highest BCUT2D eigenvalue weighted by atomic mass is 16.5. The topological polar surface area (TPSA) is 91.2 Å². The first-order valence-corrected chi connectivity index (χ1v) is 4.16. The number of methoxy groups -OCH3 is 1. The van der Waals surface area contributed by atoms with E-state index in [1.807, 2.05) is 0 Å². The van der Waals surface area contributed by atoms with Crippen LogP contribution >= 0.6 is 0 Å². The number of nitrogens with two attached hydrogens (primary N) is 2. The van der Waals surface area contributed by atoms with Crippen molar-refractivity contribution in [2.75, 3.05) is 12.8 Å². The van der Waals surface area contributed by atoms with Crippen molar-refractivity contribution >= 4 is 11.7 Å². The number of nitrogens with zero attached hydrogens (tertiary/aromatic N) is 1. The van der Waals surface area contributed by atoms with Crippen LogP contribution in [0.2, 0.25) is 0 Å². The van der Waals surface area contributed by atoms with E-state index in [9.17, 15) is 4.79 Å². The van der Waals surface area contributed by atoms with Crippen molar-refractivity contribution in [3.63, 3.8) is 0 Å². The minimum absolute atomic E-state index is 0.127. The van der Waals surface area contributed by atoms with Crippen LogP contribution in [-0.4, -0.2) is 18.1 Å². The standard InChI is InChI=1S/C9H13N3O2/c1-14-9(13)3-8(11)6-2-7(10)5-12-4-6/h2,4-5,8H,3,10-11H2,1H3/t8-/m1/s1. The first-order chi connectivity index (χ1) is 6.63. The van der Waals surface area contributed by atoms with Crippen LogP contribution in [0.15, 0.2) is 18.5 Å². The van der Waals surface area contributed by atoms with Gasteiger partial charge in [-0.1, -0.05) is 0 Å². The summed E-state index contributed by atoms with van der Waals surface area (Å²) in [5.74, 6) is -0.347. The van der Waals surface area contributed by atoms with E-state index in [2.05, 4.69) is 9.72 Å². The van der Waals surface area contributed by atoms with Crippen molar-refractivity contribution in [1.29, 1.82) is 0 Å². The molecule has 0 aromatic carbocycles. The van der Waals surface area contributed by atoms with Gasteiger partial charge in [-0.3, -0.25) is 9.78 Å². The lowest BCUT2D eigenvalue weighted by Gasteiger charge is -2.10. The van der Waals surface area contributed by atoms with Gasteiger partial charge >= 0.3 is 5.97 Å². The van der Waals surface area contributed by atoms with Crippen molar-refractivity contribution in [2.24, 2.45) is 5.73 Å². The molecule has 0 aliphatic rings. The Morgan fingerprint density at radius 3 is 2.93 bits per heavy atom. The molecule has 5 nitrogen and oxygen atoms in total. The van der Waals surface area contributed by atoms with Gasteiger partial charge in [0.25, 0.3) is 0 Å². The Kier molecular flexibility index (Phi) is 3.41. The largest absolute Gasteiger partial charge is 0.469 e. The van der Waals surface area contributed by atoms with Crippen molar-refractivity contribution < 1.29 is 9.53 Å². The second-order valence-electron chi connectivity index (χ2n) is 2.94. The molecule has 0 saturated carbocycles. The first-order valence-electron chi connectivity index (χ1n) is 4.16. The average Bonchev–Trinajstić information content (AvgIpc) is 2.17. The van der Waals surface area contributed by atoms with E-state index in [4.69, 9.17) is 11.5 Å².